The van der Waals surface area contributed by atoms with Gasteiger partial charge in [-0.05, 0) is 272 Å². The van der Waals surface area contributed by atoms with Gasteiger partial charge in [0.15, 0.2) is 0 Å². The van der Waals surface area contributed by atoms with Crippen molar-refractivity contribution in [1.29, 1.82) is 0 Å². The van der Waals surface area contributed by atoms with Gasteiger partial charge in [0.05, 0.1) is 11.4 Å². The molecule has 0 fully saturated rings. The molecule has 0 amide bonds. The largest absolute Gasteiger partial charge is 0.310 e. The molecule has 0 spiro atoms. The van der Waals surface area contributed by atoms with Crippen molar-refractivity contribution in [2.45, 2.75) is 0 Å². The number of hydrogen-bond acceptors (Lipinski definition) is 6. The summed E-state index contributed by atoms with van der Waals surface area (Å²) in [4.78, 5) is 14.2. The lowest BCUT2D eigenvalue weighted by Gasteiger charge is -2.30. The first-order valence-electron chi connectivity index (χ1n) is 39.6. The molecular formula is C110H78N6. The fourth-order valence-electron chi connectivity index (χ4n) is 16.6. The molecule has 0 aromatic heterocycles. The highest BCUT2D eigenvalue weighted by atomic mass is 15.2. The van der Waals surface area contributed by atoms with E-state index in [0.29, 0.717) is 0 Å². The third kappa shape index (κ3) is 13.8. The molecule has 548 valence electrons. The Morgan fingerprint density at radius 3 is 0.664 bits per heavy atom. The number of nitrogens with zero attached hydrogens (tertiary/aromatic N) is 6. The van der Waals surface area contributed by atoms with Gasteiger partial charge in [-0.25, -0.2) is 0 Å². The molecule has 20 rings (SSSR count). The first-order valence-corrected chi connectivity index (χ1v) is 39.6. The lowest BCUT2D eigenvalue weighted by atomic mass is 10.0. The molecule has 6 heteroatoms. The minimum atomic E-state index is 1.00. The van der Waals surface area contributed by atoms with E-state index in [9.17, 15) is 0 Å². The van der Waals surface area contributed by atoms with E-state index in [4.69, 9.17) is 0 Å². The summed E-state index contributed by atoms with van der Waals surface area (Å²) in [5, 5.41) is 11.9. The molecule has 0 saturated carbocycles. The first-order chi connectivity index (χ1) is 57.5. The highest BCUT2D eigenvalue weighted by molar-refractivity contribution is 6.02. The topological polar surface area (TPSA) is 19.4 Å². The lowest BCUT2D eigenvalue weighted by Crippen LogP contribution is -2.14. The maximum atomic E-state index is 2.41. The molecule has 0 bridgehead atoms. The summed E-state index contributed by atoms with van der Waals surface area (Å²) in [5.41, 5.74) is 23.5. The number of para-hydroxylation sites is 3. The Morgan fingerprint density at radius 2 is 0.310 bits per heavy atom. The van der Waals surface area contributed by atoms with Crippen molar-refractivity contribution in [3.05, 3.63) is 473 Å². The van der Waals surface area contributed by atoms with E-state index in [2.05, 4.69) is 503 Å². The van der Waals surface area contributed by atoms with Crippen LogP contribution in [-0.4, -0.2) is 0 Å². The van der Waals surface area contributed by atoms with Gasteiger partial charge in [-0.2, -0.15) is 0 Å². The summed E-state index contributed by atoms with van der Waals surface area (Å²) in [6.07, 6.45) is 0. The fourth-order valence-corrected chi connectivity index (χ4v) is 16.6. The highest BCUT2D eigenvalue weighted by Gasteiger charge is 2.24. The molecule has 6 nitrogen and oxygen atoms in total. The van der Waals surface area contributed by atoms with Crippen molar-refractivity contribution in [2.75, 3.05) is 29.4 Å². The molecule has 20 aromatic rings. The van der Waals surface area contributed by atoms with E-state index >= 15 is 0 Å². The molecule has 0 N–H and O–H groups in total. The summed E-state index contributed by atoms with van der Waals surface area (Å²) in [5.74, 6) is 0. The standard InChI is InChI=1S/C110H78N6/c1-4-36-91(37-5-1)112(104-59-52-79-24-10-13-29-86(79)74-104)97-68-62-94(63-69-97)111(95-64-70-98(71-65-95)113(92-38-6-2-7-39-92)105-60-53-80-25-11-14-30-87(80)75-105)96-66-72-99(73-67-96)114(106-61-54-81-26-12-15-31-88(81)76-106)102-42-20-34-89(77-102)90-35-21-43-103(78-90)116(110-47-23-33-85-28-17-19-45-108(85)110)101-57-50-83(51-58-101)82-48-55-100(56-49-82)115(93-40-8-3-9-41-93)109-46-22-32-84-27-16-18-44-107(84)109/h1-78H. The molecule has 0 aliphatic carbocycles. The van der Waals surface area contributed by atoms with Gasteiger partial charge >= 0.3 is 0 Å². The van der Waals surface area contributed by atoms with Gasteiger partial charge in [0.2, 0.25) is 0 Å². The number of anilines is 18. The highest BCUT2D eigenvalue weighted by Crippen LogP contribution is 2.48. The molecule has 0 saturated heterocycles. The smallest absolute Gasteiger partial charge is 0.0540 e. The number of hydrogen-bond donors (Lipinski definition) is 0. The normalized spacial score (nSPS) is 11.3. The maximum absolute atomic E-state index is 2.41. The number of benzene rings is 20. The van der Waals surface area contributed by atoms with E-state index in [1.54, 1.807) is 0 Å². The minimum absolute atomic E-state index is 1.00. The minimum Gasteiger partial charge on any atom is -0.310 e. The zero-order valence-corrected chi connectivity index (χ0v) is 63.7. The predicted octanol–water partition coefficient (Wildman–Crippen LogP) is 31.6. The average Bonchev–Trinajstić information content (AvgIpc) is 0.783. The summed E-state index contributed by atoms with van der Waals surface area (Å²) < 4.78 is 0. The number of rotatable bonds is 20. The average molecular weight is 1480 g/mol. The van der Waals surface area contributed by atoms with Crippen molar-refractivity contribution in [3.63, 3.8) is 0 Å². The van der Waals surface area contributed by atoms with Gasteiger partial charge < -0.3 is 29.4 Å². The van der Waals surface area contributed by atoms with Crippen LogP contribution in [0.2, 0.25) is 0 Å². The quantitative estimate of drug-likeness (QED) is 0.0752. The van der Waals surface area contributed by atoms with Crippen LogP contribution >= 0.6 is 0 Å². The second kappa shape index (κ2) is 31.0. The van der Waals surface area contributed by atoms with E-state index in [0.717, 1.165) is 130 Å². The first kappa shape index (κ1) is 69.7. The zero-order chi connectivity index (χ0) is 77.1. The summed E-state index contributed by atoms with van der Waals surface area (Å²) in [7, 11) is 0. The van der Waals surface area contributed by atoms with Gasteiger partial charge in [0, 0.05) is 102 Å². The second-order valence-electron chi connectivity index (χ2n) is 29.4. The van der Waals surface area contributed by atoms with Crippen LogP contribution in [0.15, 0.2) is 473 Å². The van der Waals surface area contributed by atoms with Crippen molar-refractivity contribution >= 4 is 156 Å². The van der Waals surface area contributed by atoms with Gasteiger partial charge in [0.1, 0.15) is 0 Å². The number of fused-ring (bicyclic) bond motifs is 5. The monoisotopic (exact) mass is 1480 g/mol. The van der Waals surface area contributed by atoms with Crippen molar-refractivity contribution in [3.8, 4) is 22.3 Å². The van der Waals surface area contributed by atoms with Gasteiger partial charge in [-0.15, -0.1) is 0 Å². The molecular weight excluding hydrogens is 1410 g/mol. The molecule has 0 aliphatic rings. The molecule has 0 unspecified atom stereocenters. The van der Waals surface area contributed by atoms with Gasteiger partial charge in [-0.3, -0.25) is 0 Å². The summed E-state index contributed by atoms with van der Waals surface area (Å²) in [6, 6.07) is 172. The fraction of sp³-hybridized carbons (Fsp3) is 0. The van der Waals surface area contributed by atoms with Crippen LogP contribution in [0.5, 0.6) is 0 Å². The Labute approximate surface area is 676 Å². The third-order valence-electron chi connectivity index (χ3n) is 22.3. The molecule has 0 heterocycles. The lowest BCUT2D eigenvalue weighted by molar-refractivity contribution is 1.24. The van der Waals surface area contributed by atoms with Crippen LogP contribution in [0.25, 0.3) is 76.1 Å². The predicted molar refractivity (Wildman–Crippen MR) is 493 cm³/mol. The van der Waals surface area contributed by atoms with Gasteiger partial charge in [0.25, 0.3) is 0 Å². The second-order valence-corrected chi connectivity index (χ2v) is 29.4. The Kier molecular flexibility index (Phi) is 18.6. The Hall–Kier alpha value is -15.5. The Bertz CT molecular complexity index is 6720. The van der Waals surface area contributed by atoms with E-state index < -0.39 is 0 Å². The van der Waals surface area contributed by atoms with E-state index in [1.807, 2.05) is 0 Å². The summed E-state index contributed by atoms with van der Waals surface area (Å²) in [6.45, 7) is 0. The molecule has 0 aliphatic heterocycles. The Balaban J connectivity index is 0.660. The van der Waals surface area contributed by atoms with Crippen LogP contribution in [0.1, 0.15) is 0 Å². The molecule has 20 aromatic carbocycles. The van der Waals surface area contributed by atoms with Crippen molar-refractivity contribution in [1.82, 2.24) is 0 Å². The van der Waals surface area contributed by atoms with Crippen molar-refractivity contribution < 1.29 is 0 Å². The Morgan fingerprint density at radius 1 is 0.103 bits per heavy atom. The van der Waals surface area contributed by atoms with E-state index in [1.165, 1.54) is 48.5 Å². The van der Waals surface area contributed by atoms with Crippen LogP contribution in [-0.2, 0) is 0 Å². The van der Waals surface area contributed by atoms with Crippen LogP contribution in [0.3, 0.4) is 0 Å². The van der Waals surface area contributed by atoms with Gasteiger partial charge in [-0.1, -0.05) is 267 Å². The molecule has 0 atom stereocenters. The molecule has 116 heavy (non-hydrogen) atoms. The zero-order valence-electron chi connectivity index (χ0n) is 63.7. The van der Waals surface area contributed by atoms with Crippen LogP contribution < -0.4 is 29.4 Å². The third-order valence-corrected chi connectivity index (χ3v) is 22.3. The maximum Gasteiger partial charge on any atom is 0.0540 e. The van der Waals surface area contributed by atoms with Crippen molar-refractivity contribution in [2.24, 2.45) is 0 Å². The molecule has 0 radical (unpaired) electrons. The summed E-state index contributed by atoms with van der Waals surface area (Å²) >= 11 is 0. The van der Waals surface area contributed by atoms with Crippen LogP contribution in [0, 0.1) is 0 Å². The SMILES string of the molecule is c1ccc(N(c2ccc(N(c3ccc(N(c4ccccc4)c4ccc5ccccc5c4)cc3)c3ccc(N(c4cccc(-c5cccc(N(c6ccc(-c7ccc(N(c8ccccc8)c8cccc9ccccc89)cc7)cc6)c6cccc7ccccc67)c5)c4)c4ccc5ccccc5c4)cc3)cc2)c2ccc3ccccc3c2)cc1. The van der Waals surface area contributed by atoms with E-state index in [-0.39, 0.29) is 0 Å². The van der Waals surface area contributed by atoms with Crippen LogP contribution in [0.4, 0.5) is 102 Å².